The Morgan fingerprint density at radius 3 is 2.53 bits per heavy atom. The number of benzene rings is 1. The van der Waals surface area contributed by atoms with Crippen LogP contribution >= 0.6 is 0 Å². The molecule has 0 aromatic heterocycles. The van der Waals surface area contributed by atoms with Crippen molar-refractivity contribution in [2.75, 3.05) is 5.32 Å². The van der Waals surface area contributed by atoms with Crippen molar-refractivity contribution in [3.05, 3.63) is 29.6 Å². The summed E-state index contributed by atoms with van der Waals surface area (Å²) in [5, 5.41) is 2.29. The first-order valence-electron chi connectivity index (χ1n) is 5.06. The fourth-order valence-electron chi connectivity index (χ4n) is 1.17. The third-order valence-corrected chi connectivity index (χ3v) is 1.81. The van der Waals surface area contributed by atoms with E-state index < -0.39 is 17.4 Å². The zero-order chi connectivity index (χ0) is 13.1. The van der Waals surface area contributed by atoms with Gasteiger partial charge in [-0.3, -0.25) is 4.79 Å². The molecule has 0 aliphatic carbocycles. The second-order valence-electron chi connectivity index (χ2n) is 4.46. The number of rotatable bonds is 3. The van der Waals surface area contributed by atoms with Gasteiger partial charge in [-0.15, -0.1) is 0 Å². The Balaban J connectivity index is 2.92. The van der Waals surface area contributed by atoms with Gasteiger partial charge < -0.3 is 10.1 Å². The van der Waals surface area contributed by atoms with Crippen molar-refractivity contribution in [1.82, 2.24) is 0 Å². The van der Waals surface area contributed by atoms with Crippen molar-refractivity contribution in [3.63, 3.8) is 0 Å². The van der Waals surface area contributed by atoms with Gasteiger partial charge in [0.15, 0.2) is 0 Å². The molecule has 0 saturated carbocycles. The van der Waals surface area contributed by atoms with Gasteiger partial charge in [-0.25, -0.2) is 9.18 Å². The number of carbonyl (C=O) groups is 2. The topological polar surface area (TPSA) is 55.4 Å². The number of hydrogen-bond donors (Lipinski definition) is 1. The standard InChI is InChI=1S/C12H14FNO3/c1-12(2,3)17-11(16)9-5-4-8(14-7-15)6-10(9)13/h4-7H,1-3H3,(H,14,15). The van der Waals surface area contributed by atoms with E-state index >= 15 is 0 Å². The molecule has 0 aliphatic heterocycles. The monoisotopic (exact) mass is 239 g/mol. The van der Waals surface area contributed by atoms with Gasteiger partial charge in [-0.2, -0.15) is 0 Å². The van der Waals surface area contributed by atoms with Crippen LogP contribution in [0, 0.1) is 5.82 Å². The average molecular weight is 239 g/mol. The van der Waals surface area contributed by atoms with Crippen molar-refractivity contribution in [2.45, 2.75) is 26.4 Å². The van der Waals surface area contributed by atoms with Gasteiger partial charge in [0, 0.05) is 5.69 Å². The maximum atomic E-state index is 13.5. The van der Waals surface area contributed by atoms with Gasteiger partial charge in [-0.05, 0) is 39.0 Å². The highest BCUT2D eigenvalue weighted by Crippen LogP contribution is 2.18. The summed E-state index contributed by atoms with van der Waals surface area (Å²) < 4.78 is 18.6. The summed E-state index contributed by atoms with van der Waals surface area (Å²) in [4.78, 5) is 21.8. The zero-order valence-corrected chi connectivity index (χ0v) is 9.91. The first-order chi connectivity index (χ1) is 7.83. The lowest BCUT2D eigenvalue weighted by Crippen LogP contribution is -2.24. The lowest BCUT2D eigenvalue weighted by Gasteiger charge is -2.19. The molecule has 0 radical (unpaired) electrons. The van der Waals surface area contributed by atoms with Crippen LogP contribution in [0.15, 0.2) is 18.2 Å². The predicted octanol–water partition coefficient (Wildman–Crippen LogP) is 2.35. The molecule has 0 spiro atoms. The van der Waals surface area contributed by atoms with Crippen LogP contribution in [0.5, 0.6) is 0 Å². The fourth-order valence-corrected chi connectivity index (χ4v) is 1.17. The minimum Gasteiger partial charge on any atom is -0.456 e. The van der Waals surface area contributed by atoms with Crippen molar-refractivity contribution in [3.8, 4) is 0 Å². The van der Waals surface area contributed by atoms with Crippen molar-refractivity contribution in [1.29, 1.82) is 0 Å². The molecule has 1 aromatic rings. The molecule has 4 nitrogen and oxygen atoms in total. The van der Waals surface area contributed by atoms with Crippen LogP contribution < -0.4 is 5.32 Å². The third kappa shape index (κ3) is 3.86. The van der Waals surface area contributed by atoms with Crippen LogP contribution in [-0.2, 0) is 9.53 Å². The van der Waals surface area contributed by atoms with Crippen molar-refractivity contribution >= 4 is 18.1 Å². The predicted molar refractivity (Wildman–Crippen MR) is 61.3 cm³/mol. The van der Waals surface area contributed by atoms with E-state index in [0.29, 0.717) is 6.41 Å². The maximum absolute atomic E-state index is 13.5. The molecule has 0 unspecified atom stereocenters. The van der Waals surface area contributed by atoms with Crippen LogP contribution in [0.4, 0.5) is 10.1 Å². The number of amides is 1. The number of ether oxygens (including phenoxy) is 1. The highest BCUT2D eigenvalue weighted by Gasteiger charge is 2.20. The lowest BCUT2D eigenvalue weighted by atomic mass is 10.1. The fraction of sp³-hybridized carbons (Fsp3) is 0.333. The summed E-state index contributed by atoms with van der Waals surface area (Å²) in [6.45, 7) is 5.10. The minimum absolute atomic E-state index is 0.156. The Labute approximate surface area is 98.8 Å². The molecule has 1 rings (SSSR count). The summed E-state index contributed by atoms with van der Waals surface area (Å²) in [7, 11) is 0. The van der Waals surface area contributed by atoms with Gasteiger partial charge >= 0.3 is 5.97 Å². The Kier molecular flexibility index (Phi) is 3.83. The number of nitrogens with one attached hydrogen (secondary N) is 1. The van der Waals surface area contributed by atoms with Crippen LogP contribution in [0.3, 0.4) is 0 Å². The molecule has 17 heavy (non-hydrogen) atoms. The van der Waals surface area contributed by atoms with Crippen molar-refractivity contribution < 1.29 is 18.7 Å². The van der Waals surface area contributed by atoms with Crippen LogP contribution in [0.1, 0.15) is 31.1 Å². The summed E-state index contributed by atoms with van der Waals surface area (Å²) >= 11 is 0. The molecule has 1 N–H and O–H groups in total. The molecule has 0 atom stereocenters. The molecule has 1 aromatic carbocycles. The second-order valence-corrected chi connectivity index (χ2v) is 4.46. The first kappa shape index (κ1) is 13.2. The molecular weight excluding hydrogens is 225 g/mol. The van der Waals surface area contributed by atoms with Crippen LogP contribution in [-0.4, -0.2) is 18.0 Å². The van der Waals surface area contributed by atoms with Crippen LogP contribution in [0.25, 0.3) is 0 Å². The molecule has 0 fully saturated rings. The number of carbonyl (C=O) groups excluding carboxylic acids is 2. The molecule has 0 heterocycles. The van der Waals surface area contributed by atoms with Gasteiger partial charge in [0.25, 0.3) is 0 Å². The lowest BCUT2D eigenvalue weighted by molar-refractivity contribution is -0.105. The summed E-state index contributed by atoms with van der Waals surface area (Å²) in [5.74, 6) is -1.46. The van der Waals surface area contributed by atoms with Gasteiger partial charge in [0.1, 0.15) is 11.4 Å². The minimum atomic E-state index is -0.730. The normalized spacial score (nSPS) is 10.8. The molecule has 0 saturated heterocycles. The van der Waals surface area contributed by atoms with Gasteiger partial charge in [-0.1, -0.05) is 0 Å². The van der Waals surface area contributed by atoms with Gasteiger partial charge in [0.2, 0.25) is 6.41 Å². The highest BCUT2D eigenvalue weighted by molar-refractivity contribution is 5.90. The summed E-state index contributed by atoms with van der Waals surface area (Å²) in [6.07, 6.45) is 0.432. The molecule has 92 valence electrons. The summed E-state index contributed by atoms with van der Waals surface area (Å²) in [5.41, 5.74) is -0.551. The smallest absolute Gasteiger partial charge is 0.341 e. The Bertz CT molecular complexity index is 438. The molecule has 5 heteroatoms. The highest BCUT2D eigenvalue weighted by atomic mass is 19.1. The van der Waals surface area contributed by atoms with Crippen LogP contribution in [0.2, 0.25) is 0 Å². The van der Waals surface area contributed by atoms with E-state index in [4.69, 9.17) is 4.74 Å². The first-order valence-corrected chi connectivity index (χ1v) is 5.06. The van der Waals surface area contributed by atoms with E-state index in [1.54, 1.807) is 20.8 Å². The quantitative estimate of drug-likeness (QED) is 0.650. The van der Waals surface area contributed by atoms with Crippen molar-refractivity contribution in [2.24, 2.45) is 0 Å². The number of anilines is 1. The third-order valence-electron chi connectivity index (χ3n) is 1.81. The molecule has 1 amide bonds. The number of halogens is 1. The van der Waals surface area contributed by atoms with E-state index in [0.717, 1.165) is 6.07 Å². The maximum Gasteiger partial charge on any atom is 0.341 e. The van der Waals surface area contributed by atoms with E-state index in [9.17, 15) is 14.0 Å². The van der Waals surface area contributed by atoms with E-state index in [2.05, 4.69) is 5.32 Å². The van der Waals surface area contributed by atoms with E-state index in [-0.39, 0.29) is 11.3 Å². The average Bonchev–Trinajstić information content (AvgIpc) is 2.15. The zero-order valence-electron chi connectivity index (χ0n) is 9.91. The van der Waals surface area contributed by atoms with Gasteiger partial charge in [0.05, 0.1) is 5.56 Å². The van der Waals surface area contributed by atoms with E-state index in [1.807, 2.05) is 0 Å². The van der Waals surface area contributed by atoms with E-state index in [1.165, 1.54) is 12.1 Å². The Morgan fingerprint density at radius 2 is 2.06 bits per heavy atom. The SMILES string of the molecule is CC(C)(C)OC(=O)c1ccc(NC=O)cc1F. The largest absolute Gasteiger partial charge is 0.456 e. The number of esters is 1. The second kappa shape index (κ2) is 4.95. The Hall–Kier alpha value is -1.91. The Morgan fingerprint density at radius 1 is 1.41 bits per heavy atom. The summed E-state index contributed by atoms with van der Waals surface area (Å²) in [6, 6.07) is 3.76. The molecule has 0 bridgehead atoms. The number of hydrogen-bond acceptors (Lipinski definition) is 3. The molecule has 0 aliphatic rings. The molecular formula is C12H14FNO3.